The second-order valence-electron chi connectivity index (χ2n) is 5.41. The molecule has 1 atom stereocenters. The summed E-state index contributed by atoms with van der Waals surface area (Å²) in [5.41, 5.74) is 3.52. The Morgan fingerprint density at radius 3 is 2.83 bits per heavy atom. The summed E-state index contributed by atoms with van der Waals surface area (Å²) in [7, 11) is 0. The lowest BCUT2D eigenvalue weighted by atomic mass is 10.00. The lowest BCUT2D eigenvalue weighted by Gasteiger charge is -2.13. The van der Waals surface area contributed by atoms with Crippen LogP contribution in [0.1, 0.15) is 29.9 Å². The van der Waals surface area contributed by atoms with Gasteiger partial charge in [-0.05, 0) is 36.3 Å². The van der Waals surface area contributed by atoms with Crippen molar-refractivity contribution in [2.24, 2.45) is 0 Å². The molecule has 2 N–H and O–H groups in total. The van der Waals surface area contributed by atoms with Crippen molar-refractivity contribution in [3.8, 4) is 0 Å². The van der Waals surface area contributed by atoms with Gasteiger partial charge in [0.05, 0.1) is 11.4 Å². The molecule has 0 aliphatic rings. The Bertz CT molecular complexity index is 819. The number of carbonyl (C=O) groups is 1. The van der Waals surface area contributed by atoms with Crippen molar-refractivity contribution >= 4 is 22.8 Å². The fourth-order valence-electron chi connectivity index (χ4n) is 2.61. The van der Waals surface area contributed by atoms with E-state index in [1.807, 2.05) is 20.8 Å². The number of hydrogen-bond donors (Lipinski definition) is 2. The van der Waals surface area contributed by atoms with Crippen LogP contribution in [0, 0.1) is 13.8 Å². The van der Waals surface area contributed by atoms with Crippen LogP contribution in [-0.4, -0.2) is 28.0 Å². The molecule has 8 nitrogen and oxygen atoms in total. The fraction of sp³-hybridized carbons (Fsp3) is 0.333. The van der Waals surface area contributed by atoms with Crippen LogP contribution in [0.3, 0.4) is 0 Å². The number of rotatable bonds is 4. The zero-order chi connectivity index (χ0) is 16.4. The van der Waals surface area contributed by atoms with Gasteiger partial charge < -0.3 is 15.2 Å². The van der Waals surface area contributed by atoms with Gasteiger partial charge in [0.25, 0.3) is 0 Å². The molecule has 8 heteroatoms. The van der Waals surface area contributed by atoms with E-state index in [4.69, 9.17) is 4.52 Å². The summed E-state index contributed by atoms with van der Waals surface area (Å²) in [6.07, 6.45) is 0. The summed E-state index contributed by atoms with van der Waals surface area (Å²) in [5, 5.41) is 17.0. The molecular formula is C15H17N5O3. The molecule has 120 valence electrons. The Kier molecular flexibility index (Phi) is 3.96. The first-order valence-electron chi connectivity index (χ1n) is 7.25. The molecule has 0 spiro atoms. The molecule has 3 aromatic rings. The van der Waals surface area contributed by atoms with Gasteiger partial charge >= 0.3 is 6.03 Å². The molecule has 0 fully saturated rings. The van der Waals surface area contributed by atoms with Crippen LogP contribution in [0.25, 0.3) is 11.0 Å². The molecule has 0 saturated carbocycles. The molecule has 0 aliphatic carbocycles. The number of fused-ring (bicyclic) bond motifs is 1. The molecule has 1 aromatic carbocycles. The van der Waals surface area contributed by atoms with Gasteiger partial charge in [-0.1, -0.05) is 18.1 Å². The highest BCUT2D eigenvalue weighted by Crippen LogP contribution is 2.22. The third kappa shape index (κ3) is 3.01. The maximum absolute atomic E-state index is 12.1. The van der Waals surface area contributed by atoms with E-state index in [1.54, 1.807) is 18.2 Å². The van der Waals surface area contributed by atoms with Gasteiger partial charge in [0, 0.05) is 18.0 Å². The Morgan fingerprint density at radius 2 is 2.09 bits per heavy atom. The van der Waals surface area contributed by atoms with Crippen LogP contribution >= 0.6 is 0 Å². The van der Waals surface area contributed by atoms with Gasteiger partial charge in [-0.15, -0.1) is 0 Å². The van der Waals surface area contributed by atoms with E-state index in [0.29, 0.717) is 23.3 Å². The average Bonchev–Trinajstić information content (AvgIpc) is 3.12. The first kappa shape index (κ1) is 15.0. The smallest absolute Gasteiger partial charge is 0.319 e. The van der Waals surface area contributed by atoms with Crippen LogP contribution in [0.15, 0.2) is 27.4 Å². The molecule has 2 heterocycles. The zero-order valence-corrected chi connectivity index (χ0v) is 13.1. The minimum absolute atomic E-state index is 0.0940. The predicted molar refractivity (Wildman–Crippen MR) is 83.2 cm³/mol. The highest BCUT2D eigenvalue weighted by molar-refractivity contribution is 5.98. The van der Waals surface area contributed by atoms with Crippen LogP contribution < -0.4 is 10.6 Å². The van der Waals surface area contributed by atoms with Crippen LogP contribution in [0.4, 0.5) is 10.5 Å². The quantitative estimate of drug-likeness (QED) is 0.766. The number of benzene rings is 1. The Labute approximate surface area is 132 Å². The average molecular weight is 315 g/mol. The second-order valence-corrected chi connectivity index (χ2v) is 5.41. The van der Waals surface area contributed by atoms with E-state index in [0.717, 1.165) is 17.0 Å². The maximum Gasteiger partial charge on any atom is 0.319 e. The fourth-order valence-corrected chi connectivity index (χ4v) is 2.61. The number of hydrogen-bond acceptors (Lipinski definition) is 6. The third-order valence-electron chi connectivity index (χ3n) is 3.68. The van der Waals surface area contributed by atoms with Gasteiger partial charge in [0.15, 0.2) is 5.52 Å². The van der Waals surface area contributed by atoms with Crippen molar-refractivity contribution in [2.45, 2.75) is 26.7 Å². The summed E-state index contributed by atoms with van der Waals surface area (Å²) >= 11 is 0. The number of anilines is 1. The number of nitrogens with one attached hydrogen (secondary N) is 2. The second kappa shape index (κ2) is 6.07. The molecule has 23 heavy (non-hydrogen) atoms. The first-order valence-corrected chi connectivity index (χ1v) is 7.25. The third-order valence-corrected chi connectivity index (χ3v) is 3.68. The van der Waals surface area contributed by atoms with Crippen molar-refractivity contribution in [1.29, 1.82) is 0 Å². The molecule has 3 rings (SSSR count). The molecule has 2 amide bonds. The van der Waals surface area contributed by atoms with E-state index >= 15 is 0 Å². The summed E-state index contributed by atoms with van der Waals surface area (Å²) in [6.45, 7) is 6.22. The molecule has 0 radical (unpaired) electrons. The normalized spacial score (nSPS) is 12.3. The lowest BCUT2D eigenvalue weighted by Crippen LogP contribution is -2.32. The number of carbonyl (C=O) groups excluding carboxylic acids is 1. The largest absolute Gasteiger partial charge is 0.361 e. The summed E-state index contributed by atoms with van der Waals surface area (Å²) in [4.78, 5) is 12.1. The molecule has 0 unspecified atom stereocenters. The number of urea groups is 1. The predicted octanol–water partition coefficient (Wildman–Crippen LogP) is 2.75. The lowest BCUT2D eigenvalue weighted by molar-refractivity contribution is 0.251. The number of nitrogens with zero attached hydrogens (tertiary/aromatic N) is 3. The van der Waals surface area contributed by atoms with E-state index in [-0.39, 0.29) is 11.9 Å². The number of aromatic nitrogens is 3. The summed E-state index contributed by atoms with van der Waals surface area (Å²) in [6, 6.07) is 4.95. The monoisotopic (exact) mass is 315 g/mol. The van der Waals surface area contributed by atoms with E-state index < -0.39 is 0 Å². The van der Waals surface area contributed by atoms with Gasteiger partial charge in [-0.3, -0.25) is 0 Å². The van der Waals surface area contributed by atoms with Crippen molar-refractivity contribution < 1.29 is 13.9 Å². The minimum atomic E-state index is -0.320. The summed E-state index contributed by atoms with van der Waals surface area (Å²) in [5.74, 6) is 0.868. The topological polar surface area (TPSA) is 106 Å². The highest BCUT2D eigenvalue weighted by Gasteiger charge is 2.17. The highest BCUT2D eigenvalue weighted by atomic mass is 16.6. The van der Waals surface area contributed by atoms with Gasteiger partial charge in [-0.25, -0.2) is 9.42 Å². The van der Waals surface area contributed by atoms with Crippen molar-refractivity contribution in [1.82, 2.24) is 20.8 Å². The van der Waals surface area contributed by atoms with Crippen molar-refractivity contribution in [2.75, 3.05) is 11.9 Å². The van der Waals surface area contributed by atoms with Gasteiger partial charge in [0.1, 0.15) is 11.3 Å². The number of amides is 2. The Balaban J connectivity index is 1.63. The van der Waals surface area contributed by atoms with E-state index in [9.17, 15) is 4.79 Å². The standard InChI is InChI=1S/C15H17N5O3/c1-8(13-9(2)18-22-10(13)3)7-16-15(21)17-11-5-4-6-12-14(11)20-23-19-12/h4-6,8H,7H2,1-3H3,(H2,16,17,21)/t8-/m0/s1. The minimum Gasteiger partial charge on any atom is -0.361 e. The molecule has 0 saturated heterocycles. The molecule has 0 bridgehead atoms. The molecule has 2 aromatic heterocycles. The van der Waals surface area contributed by atoms with Crippen molar-refractivity contribution in [3.05, 3.63) is 35.2 Å². The SMILES string of the molecule is Cc1noc(C)c1[C@@H](C)CNC(=O)Nc1cccc2nonc12. The van der Waals surface area contributed by atoms with E-state index in [1.165, 1.54) is 0 Å². The maximum atomic E-state index is 12.1. The number of aryl methyl sites for hydroxylation is 2. The Morgan fingerprint density at radius 1 is 1.26 bits per heavy atom. The Hall–Kier alpha value is -2.90. The summed E-state index contributed by atoms with van der Waals surface area (Å²) < 4.78 is 9.83. The van der Waals surface area contributed by atoms with Crippen LogP contribution in [0.2, 0.25) is 0 Å². The van der Waals surface area contributed by atoms with Crippen molar-refractivity contribution in [3.63, 3.8) is 0 Å². The van der Waals surface area contributed by atoms with Crippen LogP contribution in [0.5, 0.6) is 0 Å². The zero-order valence-electron chi connectivity index (χ0n) is 13.1. The first-order chi connectivity index (χ1) is 11.1. The van der Waals surface area contributed by atoms with Crippen LogP contribution in [-0.2, 0) is 0 Å². The van der Waals surface area contributed by atoms with E-state index in [2.05, 4.69) is 30.7 Å². The molecule has 0 aliphatic heterocycles. The molecular weight excluding hydrogens is 298 g/mol. The van der Waals surface area contributed by atoms with Gasteiger partial charge in [0.2, 0.25) is 0 Å². The van der Waals surface area contributed by atoms with Gasteiger partial charge in [-0.2, -0.15) is 0 Å².